The van der Waals surface area contributed by atoms with Gasteiger partial charge >= 0.3 is 0 Å². The van der Waals surface area contributed by atoms with Crippen molar-refractivity contribution in [3.8, 4) is 17.1 Å². The third-order valence-electron chi connectivity index (χ3n) is 15.2. The summed E-state index contributed by atoms with van der Waals surface area (Å²) < 4.78 is 10.0. The smallest absolute Gasteiger partial charge is 0.179 e. The van der Waals surface area contributed by atoms with Crippen LogP contribution in [-0.4, -0.2) is 21.8 Å². The van der Waals surface area contributed by atoms with E-state index in [1.54, 1.807) is 0 Å². The van der Waals surface area contributed by atoms with Gasteiger partial charge in [0, 0.05) is 69.6 Å². The van der Waals surface area contributed by atoms with Crippen molar-refractivity contribution in [1.29, 1.82) is 0 Å². The molecule has 0 spiro atoms. The van der Waals surface area contributed by atoms with Crippen molar-refractivity contribution in [3.05, 3.63) is 261 Å². The van der Waals surface area contributed by atoms with Crippen LogP contribution >= 0.6 is 11.3 Å². The van der Waals surface area contributed by atoms with Gasteiger partial charge in [0.2, 0.25) is 0 Å². The van der Waals surface area contributed by atoms with Crippen LogP contribution in [0.5, 0.6) is 0 Å². The third kappa shape index (κ3) is 5.88. The zero-order chi connectivity index (χ0) is 46.6. The van der Waals surface area contributed by atoms with E-state index in [2.05, 4.69) is 275 Å². The highest BCUT2D eigenvalue weighted by atomic mass is 32.1. The van der Waals surface area contributed by atoms with Crippen LogP contribution in [0.3, 0.4) is 0 Å². The van der Waals surface area contributed by atoms with Crippen LogP contribution in [0, 0.1) is 0 Å². The summed E-state index contributed by atoms with van der Waals surface area (Å²) in [5.74, 6) is 0. The molecule has 0 N–H and O–H groups in total. The maximum absolute atomic E-state index is 2.67. The first-order valence-electron chi connectivity index (χ1n) is 24.4. The van der Waals surface area contributed by atoms with E-state index in [1.165, 1.54) is 106 Å². The quantitative estimate of drug-likeness (QED) is 0.112. The molecule has 5 heteroatoms. The van der Waals surface area contributed by atoms with E-state index in [-0.39, 0.29) is 0 Å². The zero-order valence-corrected chi connectivity index (χ0v) is 40.4. The minimum atomic E-state index is -2.67. The molecule has 0 saturated carbocycles. The molecule has 0 bridgehead atoms. The molecule has 0 amide bonds. The summed E-state index contributed by atoms with van der Waals surface area (Å²) in [4.78, 5) is 0. The molecule has 0 aliphatic rings. The molecule has 0 radical (unpaired) electrons. The van der Waals surface area contributed by atoms with Crippen LogP contribution in [0.15, 0.2) is 261 Å². The molecule has 0 atom stereocenters. The second-order valence-corrected chi connectivity index (χ2v) is 23.7. The number of aromatic nitrogens is 3. The first kappa shape index (κ1) is 40.2. The van der Waals surface area contributed by atoms with Crippen molar-refractivity contribution in [2.75, 3.05) is 0 Å². The highest BCUT2D eigenvalue weighted by molar-refractivity contribution is 7.26. The van der Waals surface area contributed by atoms with E-state index < -0.39 is 8.07 Å². The fourth-order valence-electron chi connectivity index (χ4n) is 12.1. The maximum Gasteiger partial charge on any atom is 0.179 e. The molecule has 0 aliphatic carbocycles. The van der Waals surface area contributed by atoms with Crippen molar-refractivity contribution in [1.82, 2.24) is 13.7 Å². The van der Waals surface area contributed by atoms with Gasteiger partial charge in [-0.3, -0.25) is 0 Å². The van der Waals surface area contributed by atoms with Crippen LogP contribution < -0.4 is 20.7 Å². The van der Waals surface area contributed by atoms with Crippen LogP contribution in [0.1, 0.15) is 0 Å². The van der Waals surface area contributed by atoms with Crippen LogP contribution in [0.25, 0.3) is 103 Å². The molecule has 11 aromatic carbocycles. The Balaban J connectivity index is 0.889. The van der Waals surface area contributed by atoms with Gasteiger partial charge in [-0.25, -0.2) is 0 Å². The lowest BCUT2D eigenvalue weighted by Crippen LogP contribution is -2.74. The Bertz CT molecular complexity index is 4470. The molecule has 4 heterocycles. The molecule has 0 unspecified atom stereocenters. The summed E-state index contributed by atoms with van der Waals surface area (Å²) in [6, 6.07) is 97.4. The summed E-state index contributed by atoms with van der Waals surface area (Å²) in [5, 5.41) is 15.6. The molecule has 4 aromatic heterocycles. The largest absolute Gasteiger partial charge is 0.309 e. The van der Waals surface area contributed by atoms with Crippen LogP contribution in [0.4, 0.5) is 0 Å². The highest BCUT2D eigenvalue weighted by Crippen LogP contribution is 2.42. The second kappa shape index (κ2) is 15.6. The Morgan fingerprint density at radius 2 is 0.592 bits per heavy atom. The molecule has 332 valence electrons. The molecular weight excluding hydrogens is 895 g/mol. The SMILES string of the molecule is c1ccc([Si](c2ccccc2)(c2ccccc2)c2ccc(-n3c4ccccc4c4cc(-n5c6ccccc6c6cc(-n7c8ccccc8c8cc9sc%10ccccc%10c9cc87)ccc65)ccc43)cc2)cc1. The number of nitrogens with zero attached hydrogens (tertiary/aromatic N) is 3. The number of fused-ring (bicyclic) bond motifs is 12. The number of hydrogen-bond acceptors (Lipinski definition) is 1. The highest BCUT2D eigenvalue weighted by Gasteiger charge is 2.41. The van der Waals surface area contributed by atoms with Gasteiger partial charge in [0.15, 0.2) is 8.07 Å². The average Bonchev–Trinajstić information content (AvgIpc) is 4.17. The van der Waals surface area contributed by atoms with Crippen molar-refractivity contribution in [3.63, 3.8) is 0 Å². The van der Waals surface area contributed by atoms with Gasteiger partial charge in [0.25, 0.3) is 0 Å². The van der Waals surface area contributed by atoms with E-state index in [1.807, 2.05) is 11.3 Å². The van der Waals surface area contributed by atoms with Gasteiger partial charge in [0.1, 0.15) is 0 Å². The minimum absolute atomic E-state index is 1.14. The van der Waals surface area contributed by atoms with Gasteiger partial charge in [0.05, 0.1) is 33.1 Å². The van der Waals surface area contributed by atoms with Crippen molar-refractivity contribution in [2.45, 2.75) is 0 Å². The Morgan fingerprint density at radius 1 is 0.225 bits per heavy atom. The van der Waals surface area contributed by atoms with Gasteiger partial charge in [-0.1, -0.05) is 176 Å². The van der Waals surface area contributed by atoms with E-state index >= 15 is 0 Å². The van der Waals surface area contributed by atoms with Crippen molar-refractivity contribution >= 4 is 126 Å². The summed E-state index contributed by atoms with van der Waals surface area (Å²) in [5.41, 5.74) is 10.6. The Labute approximate surface area is 415 Å². The number of para-hydroxylation sites is 3. The molecule has 0 fully saturated rings. The van der Waals surface area contributed by atoms with E-state index in [4.69, 9.17) is 0 Å². The van der Waals surface area contributed by atoms with Crippen molar-refractivity contribution in [2.24, 2.45) is 0 Å². The summed E-state index contributed by atoms with van der Waals surface area (Å²) in [6.07, 6.45) is 0. The topological polar surface area (TPSA) is 14.8 Å². The summed E-state index contributed by atoms with van der Waals surface area (Å²) in [6.45, 7) is 0. The molecule has 71 heavy (non-hydrogen) atoms. The average molecular weight is 938 g/mol. The fraction of sp³-hybridized carbons (Fsp3) is 0. The Morgan fingerprint density at radius 3 is 1.10 bits per heavy atom. The standard InChI is InChI=1S/C66H43N3SSi/c1-4-18-47(19-5-1)71(48-20-6-2-7-21-48,49-22-8-3-9-23-49)50-36-32-44(33-37-50)67-59-28-14-10-24-51(59)55-40-45(34-38-62(55)67)68-60-29-15-11-25-52(60)56-41-46(35-39-63(56)68)69-61-30-16-12-26-53(61)57-43-66-58(42-64(57)69)54-27-13-17-31-65(54)70-66/h1-43H. The van der Waals surface area contributed by atoms with Gasteiger partial charge < -0.3 is 13.7 Å². The first-order chi connectivity index (χ1) is 35.2. The predicted octanol–water partition coefficient (Wildman–Crippen LogP) is 14.7. The van der Waals surface area contributed by atoms with E-state index in [9.17, 15) is 0 Å². The first-order valence-corrected chi connectivity index (χ1v) is 27.2. The van der Waals surface area contributed by atoms with Gasteiger partial charge in [-0.2, -0.15) is 0 Å². The fourth-order valence-corrected chi connectivity index (χ4v) is 18.0. The molecule has 3 nitrogen and oxygen atoms in total. The summed E-state index contributed by atoms with van der Waals surface area (Å²) >= 11 is 1.88. The second-order valence-electron chi connectivity index (χ2n) is 18.8. The Hall–Kier alpha value is -8.74. The number of benzene rings is 11. The minimum Gasteiger partial charge on any atom is -0.309 e. The number of rotatable bonds is 7. The number of thiophene rings is 1. The lowest BCUT2D eigenvalue weighted by atomic mass is 10.1. The zero-order valence-electron chi connectivity index (χ0n) is 38.6. The third-order valence-corrected chi connectivity index (χ3v) is 21.1. The Kier molecular flexibility index (Phi) is 8.85. The van der Waals surface area contributed by atoms with E-state index in [0.717, 1.165) is 17.1 Å². The summed E-state index contributed by atoms with van der Waals surface area (Å²) in [7, 11) is -2.67. The van der Waals surface area contributed by atoms with Crippen LogP contribution in [0.2, 0.25) is 0 Å². The lowest BCUT2D eigenvalue weighted by molar-refractivity contribution is 1.16. The maximum atomic E-state index is 2.47. The molecular formula is C66H43N3SSi. The van der Waals surface area contributed by atoms with Gasteiger partial charge in [-0.15, -0.1) is 11.3 Å². The lowest BCUT2D eigenvalue weighted by Gasteiger charge is -2.34. The number of hydrogen-bond donors (Lipinski definition) is 0. The molecule has 0 saturated heterocycles. The monoisotopic (exact) mass is 937 g/mol. The van der Waals surface area contributed by atoms with Gasteiger partial charge in [-0.05, 0) is 106 Å². The molecule has 15 aromatic rings. The molecule has 0 aliphatic heterocycles. The van der Waals surface area contributed by atoms with Crippen LogP contribution in [-0.2, 0) is 0 Å². The molecule has 15 rings (SSSR count). The normalized spacial score (nSPS) is 12.2. The predicted molar refractivity (Wildman–Crippen MR) is 306 cm³/mol. The van der Waals surface area contributed by atoms with E-state index in [0.29, 0.717) is 0 Å². The van der Waals surface area contributed by atoms with Crippen molar-refractivity contribution < 1.29 is 0 Å².